The Morgan fingerprint density at radius 3 is 2.06 bits per heavy atom. The molecule has 1 aromatic carbocycles. The molecule has 0 spiro atoms. The molecule has 18 heavy (non-hydrogen) atoms. The van der Waals surface area contributed by atoms with Crippen LogP contribution in [-0.4, -0.2) is 0 Å². The Kier molecular flexibility index (Phi) is 5.28. The summed E-state index contributed by atoms with van der Waals surface area (Å²) in [7, 11) is 0. The predicted octanol–water partition coefficient (Wildman–Crippen LogP) is 6.21. The smallest absolute Gasteiger partial charge is 0.0636 e. The van der Waals surface area contributed by atoms with Crippen molar-refractivity contribution in [3.8, 4) is 0 Å². The lowest BCUT2D eigenvalue weighted by Gasteiger charge is -2.34. The van der Waals surface area contributed by atoms with Crippen LogP contribution in [0.1, 0.15) is 64.8 Å². The molecule has 0 N–H and O–H groups in total. The lowest BCUT2D eigenvalue weighted by molar-refractivity contribution is 0.227. The molecule has 0 saturated carbocycles. The van der Waals surface area contributed by atoms with Crippen LogP contribution >= 0.6 is 11.6 Å². The number of benzene rings is 1. The number of halogens is 1. The number of rotatable bonds is 6. The van der Waals surface area contributed by atoms with Crippen LogP contribution in [0.4, 0.5) is 0 Å². The van der Waals surface area contributed by atoms with E-state index in [4.69, 9.17) is 11.6 Å². The molecule has 0 aromatic heterocycles. The van der Waals surface area contributed by atoms with Crippen molar-refractivity contribution < 1.29 is 0 Å². The molecule has 1 heteroatoms. The number of alkyl halides is 1. The molecule has 0 aliphatic heterocycles. The topological polar surface area (TPSA) is 0 Å². The summed E-state index contributed by atoms with van der Waals surface area (Å²) in [6.07, 6.45) is 3.62. The average Bonchev–Trinajstić information content (AvgIpc) is 2.37. The minimum Gasteiger partial charge on any atom is -0.117 e. The Labute approximate surface area is 118 Å². The quantitative estimate of drug-likeness (QED) is 0.537. The Morgan fingerprint density at radius 1 is 1.00 bits per heavy atom. The summed E-state index contributed by atoms with van der Waals surface area (Å²) in [4.78, 5) is 0. The first-order valence-corrected chi connectivity index (χ1v) is 7.41. The highest BCUT2D eigenvalue weighted by atomic mass is 35.5. The molecule has 1 atom stereocenters. The van der Waals surface area contributed by atoms with Gasteiger partial charge in [0.2, 0.25) is 0 Å². The van der Waals surface area contributed by atoms with E-state index < -0.39 is 0 Å². The minimum absolute atomic E-state index is 0.0892. The SMILES string of the molecule is CCC(C)(C)CCC(C)(C)C(Cl)c1ccccc1. The molecule has 1 aromatic rings. The van der Waals surface area contributed by atoms with Crippen LogP contribution in [0.3, 0.4) is 0 Å². The largest absolute Gasteiger partial charge is 0.117 e. The lowest BCUT2D eigenvalue weighted by Crippen LogP contribution is -2.22. The van der Waals surface area contributed by atoms with Gasteiger partial charge in [-0.15, -0.1) is 11.6 Å². The van der Waals surface area contributed by atoms with E-state index in [-0.39, 0.29) is 10.8 Å². The van der Waals surface area contributed by atoms with E-state index in [1.165, 1.54) is 18.4 Å². The van der Waals surface area contributed by atoms with Crippen LogP contribution in [0.5, 0.6) is 0 Å². The summed E-state index contributed by atoms with van der Waals surface area (Å²) in [5.41, 5.74) is 1.79. The van der Waals surface area contributed by atoms with Gasteiger partial charge >= 0.3 is 0 Å². The molecular weight excluding hydrogens is 240 g/mol. The molecule has 0 radical (unpaired) electrons. The van der Waals surface area contributed by atoms with Crippen molar-refractivity contribution in [3.63, 3.8) is 0 Å². The molecule has 0 saturated heterocycles. The van der Waals surface area contributed by atoms with Gasteiger partial charge in [0.15, 0.2) is 0 Å². The maximum atomic E-state index is 6.67. The zero-order chi connectivity index (χ0) is 13.8. The molecular formula is C17H27Cl. The first-order valence-electron chi connectivity index (χ1n) is 6.97. The molecule has 0 fully saturated rings. The van der Waals surface area contributed by atoms with Crippen molar-refractivity contribution in [2.75, 3.05) is 0 Å². The Bertz CT molecular complexity index is 351. The van der Waals surface area contributed by atoms with E-state index in [1.807, 2.05) is 6.07 Å². The third-order valence-corrected chi connectivity index (χ3v) is 5.02. The van der Waals surface area contributed by atoms with Gasteiger partial charge in [0.25, 0.3) is 0 Å². The molecule has 0 aliphatic rings. The van der Waals surface area contributed by atoms with E-state index >= 15 is 0 Å². The van der Waals surface area contributed by atoms with Gasteiger partial charge in [-0.2, -0.15) is 0 Å². The predicted molar refractivity (Wildman–Crippen MR) is 82.1 cm³/mol. The van der Waals surface area contributed by atoms with Crippen LogP contribution < -0.4 is 0 Å². The van der Waals surface area contributed by atoms with Gasteiger partial charge in [-0.05, 0) is 29.2 Å². The zero-order valence-electron chi connectivity index (χ0n) is 12.5. The first kappa shape index (κ1) is 15.6. The maximum Gasteiger partial charge on any atom is 0.0636 e. The van der Waals surface area contributed by atoms with Crippen LogP contribution in [0, 0.1) is 10.8 Å². The molecule has 0 nitrogen and oxygen atoms in total. The van der Waals surface area contributed by atoms with Crippen molar-refractivity contribution in [3.05, 3.63) is 35.9 Å². The Hall–Kier alpha value is -0.490. The first-order chi connectivity index (χ1) is 8.28. The van der Waals surface area contributed by atoms with E-state index in [1.54, 1.807) is 0 Å². The summed E-state index contributed by atoms with van der Waals surface area (Å²) < 4.78 is 0. The average molecular weight is 267 g/mol. The normalized spacial score (nSPS) is 14.6. The number of hydrogen-bond acceptors (Lipinski definition) is 0. The molecule has 0 bridgehead atoms. The highest BCUT2D eigenvalue weighted by Crippen LogP contribution is 2.44. The molecule has 0 heterocycles. The number of hydrogen-bond donors (Lipinski definition) is 0. The van der Waals surface area contributed by atoms with Crippen molar-refractivity contribution >= 4 is 11.6 Å². The van der Waals surface area contributed by atoms with Crippen LogP contribution in [-0.2, 0) is 0 Å². The van der Waals surface area contributed by atoms with E-state index in [9.17, 15) is 0 Å². The highest BCUT2D eigenvalue weighted by Gasteiger charge is 2.30. The summed E-state index contributed by atoms with van der Waals surface area (Å²) in [5.74, 6) is 0. The fourth-order valence-electron chi connectivity index (χ4n) is 2.04. The van der Waals surface area contributed by atoms with Crippen LogP contribution in [0.2, 0.25) is 0 Å². The lowest BCUT2D eigenvalue weighted by atomic mass is 9.75. The van der Waals surface area contributed by atoms with Crippen molar-refractivity contribution in [2.45, 2.75) is 59.3 Å². The van der Waals surface area contributed by atoms with Crippen LogP contribution in [0.15, 0.2) is 30.3 Å². The molecule has 102 valence electrons. The van der Waals surface area contributed by atoms with Gasteiger partial charge in [0, 0.05) is 0 Å². The van der Waals surface area contributed by atoms with Gasteiger partial charge in [0.05, 0.1) is 5.38 Å². The maximum absolute atomic E-state index is 6.67. The van der Waals surface area contributed by atoms with Crippen molar-refractivity contribution in [1.29, 1.82) is 0 Å². The van der Waals surface area contributed by atoms with E-state index in [0.29, 0.717) is 5.41 Å². The summed E-state index contributed by atoms with van der Waals surface area (Å²) in [5, 5.41) is 0.0892. The monoisotopic (exact) mass is 266 g/mol. The molecule has 0 amide bonds. The summed E-state index contributed by atoms with van der Waals surface area (Å²) in [6.45, 7) is 11.5. The Balaban J connectivity index is 2.69. The third-order valence-electron chi connectivity index (χ3n) is 4.18. The fourth-order valence-corrected chi connectivity index (χ4v) is 2.29. The second-order valence-electron chi connectivity index (χ2n) is 6.78. The standard InChI is InChI=1S/C17H27Cl/c1-6-16(2,3)12-13-17(4,5)15(18)14-10-8-7-9-11-14/h7-11,15H,6,12-13H2,1-5H3. The van der Waals surface area contributed by atoms with Gasteiger partial charge in [0.1, 0.15) is 0 Å². The van der Waals surface area contributed by atoms with Crippen LogP contribution in [0.25, 0.3) is 0 Å². The highest BCUT2D eigenvalue weighted by molar-refractivity contribution is 6.21. The van der Waals surface area contributed by atoms with Crippen molar-refractivity contribution in [2.24, 2.45) is 10.8 Å². The fraction of sp³-hybridized carbons (Fsp3) is 0.647. The minimum atomic E-state index is 0.0892. The van der Waals surface area contributed by atoms with Gasteiger partial charge in [-0.3, -0.25) is 0 Å². The second kappa shape index (κ2) is 6.10. The van der Waals surface area contributed by atoms with Gasteiger partial charge in [-0.25, -0.2) is 0 Å². The van der Waals surface area contributed by atoms with E-state index in [0.717, 1.165) is 6.42 Å². The molecule has 1 unspecified atom stereocenters. The molecule has 1 rings (SSSR count). The van der Waals surface area contributed by atoms with Gasteiger partial charge < -0.3 is 0 Å². The summed E-state index contributed by atoms with van der Waals surface area (Å²) >= 11 is 6.67. The second-order valence-corrected chi connectivity index (χ2v) is 7.22. The zero-order valence-corrected chi connectivity index (χ0v) is 13.2. The van der Waals surface area contributed by atoms with Gasteiger partial charge in [-0.1, -0.05) is 71.4 Å². The van der Waals surface area contributed by atoms with Crippen molar-refractivity contribution in [1.82, 2.24) is 0 Å². The molecule has 0 aliphatic carbocycles. The third kappa shape index (κ3) is 4.31. The van der Waals surface area contributed by atoms with E-state index in [2.05, 4.69) is 58.9 Å². The Morgan fingerprint density at radius 2 is 1.56 bits per heavy atom. The summed E-state index contributed by atoms with van der Waals surface area (Å²) in [6, 6.07) is 10.4.